The topological polar surface area (TPSA) is 485 Å². The first kappa shape index (κ1) is 99.9. The van der Waals surface area contributed by atoms with Crippen molar-refractivity contribution >= 4 is 91.2 Å². The molecule has 4 aliphatic heterocycles. The van der Waals surface area contributed by atoms with Crippen LogP contribution in [-0.2, 0) is 19.6 Å². The van der Waals surface area contributed by atoms with E-state index in [-0.39, 0.29) is 50.2 Å². The number of unbranched alkanes of at least 4 members (excludes halogenated alkanes) is 4. The summed E-state index contributed by atoms with van der Waals surface area (Å²) in [4.78, 5) is 95.8. The number of aliphatic hydroxyl groups is 4. The van der Waals surface area contributed by atoms with Gasteiger partial charge in [-0.3, -0.25) is 44.6 Å². The Kier molecular flexibility index (Phi) is 35.1. The second kappa shape index (κ2) is 47.1. The Morgan fingerprint density at radius 3 is 0.910 bits per heavy atom. The molecule has 36 heteroatoms. The molecule has 16 N–H and O–H groups in total. The summed E-state index contributed by atoms with van der Waals surface area (Å²) < 4.78 is 0. The molecule has 0 radical (unpaired) electrons. The van der Waals surface area contributed by atoms with Crippen molar-refractivity contribution in [3.63, 3.8) is 0 Å². The van der Waals surface area contributed by atoms with Gasteiger partial charge in [-0.2, -0.15) is 19.9 Å². The van der Waals surface area contributed by atoms with Gasteiger partial charge >= 0.3 is 0 Å². The normalized spacial score (nSPS) is 17.0. The van der Waals surface area contributed by atoms with E-state index in [9.17, 15) is 20.4 Å². The number of rotatable bonds is 35. The second-order valence-corrected chi connectivity index (χ2v) is 37.7. The number of nitrogens with zero attached hydrogens (tertiary/aromatic N) is 24. The van der Waals surface area contributed by atoms with E-state index in [1.54, 1.807) is 12.4 Å². The fourth-order valence-electron chi connectivity index (χ4n) is 17.0. The Balaban J connectivity index is 0.000000152. The van der Waals surface area contributed by atoms with Gasteiger partial charge in [0.2, 0.25) is 23.8 Å². The van der Waals surface area contributed by atoms with Crippen molar-refractivity contribution < 1.29 is 20.4 Å². The lowest BCUT2D eigenvalue weighted by atomic mass is 9.96. The van der Waals surface area contributed by atoms with Gasteiger partial charge in [0.25, 0.3) is 0 Å². The summed E-state index contributed by atoms with van der Waals surface area (Å²) in [5, 5.41) is 53.3. The molecule has 4 aliphatic rings. The quantitative estimate of drug-likeness (QED) is 0.0175. The Morgan fingerprint density at radius 1 is 0.321 bits per heavy atom. The molecule has 0 bridgehead atoms. The number of anilines is 8. The minimum Gasteiger partial charge on any atom is -0.394 e. The predicted molar refractivity (Wildman–Crippen MR) is 534 cm³/mol. The van der Waals surface area contributed by atoms with Crippen LogP contribution in [0.25, 0.3) is 88.6 Å². The molecular weight excluding hydrogens is 1690 g/mol. The van der Waals surface area contributed by atoms with Gasteiger partial charge in [0.1, 0.15) is 33.7 Å². The fourth-order valence-corrected chi connectivity index (χ4v) is 17.0. The van der Waals surface area contributed by atoms with E-state index in [2.05, 4.69) is 208 Å². The van der Waals surface area contributed by atoms with E-state index < -0.39 is 22.2 Å². The Morgan fingerprint density at radius 2 is 0.604 bits per heavy atom. The molecular formula is C98H140N32O4. The Bertz CT molecular complexity index is 5570. The van der Waals surface area contributed by atoms with Crippen LogP contribution in [0, 0.1) is 0 Å². The molecule has 12 aromatic heterocycles. The summed E-state index contributed by atoms with van der Waals surface area (Å²) in [5.41, 5.74) is 36.5. The number of likely N-dealkylation sites (tertiary alicyclic amines) is 2. The van der Waals surface area contributed by atoms with Crippen LogP contribution in [0.3, 0.4) is 0 Å². The van der Waals surface area contributed by atoms with Crippen molar-refractivity contribution in [2.24, 2.45) is 0 Å². The van der Waals surface area contributed by atoms with Gasteiger partial charge in [0, 0.05) is 178 Å². The van der Waals surface area contributed by atoms with Crippen molar-refractivity contribution in [1.82, 2.24) is 119 Å². The van der Waals surface area contributed by atoms with Gasteiger partial charge in [0.15, 0.2) is 23.3 Å². The second-order valence-electron chi connectivity index (χ2n) is 37.7. The van der Waals surface area contributed by atoms with Crippen molar-refractivity contribution in [2.45, 2.75) is 212 Å². The van der Waals surface area contributed by atoms with E-state index in [0.717, 1.165) is 256 Å². The zero-order valence-electron chi connectivity index (χ0n) is 80.3. The molecule has 16 heterocycles. The average Bonchev–Trinajstić information content (AvgIpc) is 0.796. The lowest BCUT2D eigenvalue weighted by molar-refractivity contribution is 0.145. The molecule has 16 rings (SSSR count). The summed E-state index contributed by atoms with van der Waals surface area (Å²) in [6, 6.07) is 16.1. The van der Waals surface area contributed by atoms with Crippen LogP contribution in [-0.4, -0.2) is 288 Å². The summed E-state index contributed by atoms with van der Waals surface area (Å²) in [5.74, 6) is 4.96. The third kappa shape index (κ3) is 27.4. The number of piperidine rings is 2. The zero-order valence-corrected chi connectivity index (χ0v) is 80.3. The molecule has 12 aromatic rings. The molecule has 1 unspecified atom stereocenters. The molecule has 716 valence electrons. The largest absolute Gasteiger partial charge is 0.394 e. The molecule has 0 amide bonds. The van der Waals surface area contributed by atoms with Gasteiger partial charge in [-0.25, -0.2) is 39.9 Å². The smallest absolute Gasteiger partial charge is 0.222 e. The molecule has 0 saturated carbocycles. The summed E-state index contributed by atoms with van der Waals surface area (Å²) in [7, 11) is 6.46. The van der Waals surface area contributed by atoms with Gasteiger partial charge in [0.05, 0.1) is 88.6 Å². The lowest BCUT2D eigenvalue weighted by Crippen LogP contribution is -2.44. The zero-order chi connectivity index (χ0) is 94.9. The SMILES string of the molecule is CCCCC(C)(CO)Nc1nc(N)nc2cc(-c3ccc(CN4CCCCC4)nc3)cnc12.CCCC[C@](C)(CO)Nc1nc(N)nc2cc(-c3ccc(CN4CCN(C)CC4)nc3)cnc12.CCCC[C@](C)(CO)Nc1nc(N)nc2cc(-c3cnc(C4CCN(C)CC4)nc3)cnc12.CCCC[C@](C)(CO)Nc1nc(N)nc2cc(-c3cnc(CN4CCN(C)CC4)nc3)cnc12. The van der Waals surface area contributed by atoms with E-state index in [4.69, 9.17) is 27.9 Å². The summed E-state index contributed by atoms with van der Waals surface area (Å²) in [6.45, 7) is 31.9. The van der Waals surface area contributed by atoms with Crippen molar-refractivity contribution in [3.8, 4) is 44.5 Å². The summed E-state index contributed by atoms with van der Waals surface area (Å²) in [6.07, 6.45) is 35.9. The molecule has 4 saturated heterocycles. The minimum absolute atomic E-state index is 0.00800. The number of likely N-dealkylation sites (N-methyl/N-ethyl adjacent to an activating group) is 2. The average molecular weight is 1830 g/mol. The number of hydrogen-bond donors (Lipinski definition) is 12. The Hall–Kier alpha value is -11.6. The maximum atomic E-state index is 9.98. The number of pyridine rings is 6. The molecule has 36 nitrogen and oxygen atoms in total. The van der Waals surface area contributed by atoms with Crippen LogP contribution in [0.1, 0.15) is 193 Å². The van der Waals surface area contributed by atoms with Crippen LogP contribution >= 0.6 is 0 Å². The maximum absolute atomic E-state index is 9.98. The predicted octanol–water partition coefficient (Wildman–Crippen LogP) is 12.2. The number of nitrogens with two attached hydrogens (primary N) is 4. The van der Waals surface area contributed by atoms with E-state index >= 15 is 0 Å². The van der Waals surface area contributed by atoms with Crippen LogP contribution in [0.2, 0.25) is 0 Å². The molecule has 134 heavy (non-hydrogen) atoms. The highest BCUT2D eigenvalue weighted by atomic mass is 16.3. The third-order valence-corrected chi connectivity index (χ3v) is 25.8. The molecule has 4 fully saturated rings. The lowest BCUT2D eigenvalue weighted by Gasteiger charge is -2.32. The first-order chi connectivity index (χ1) is 64.7. The highest BCUT2D eigenvalue weighted by Gasteiger charge is 2.31. The van der Waals surface area contributed by atoms with Gasteiger partial charge in [-0.05, 0) is 163 Å². The first-order valence-corrected chi connectivity index (χ1v) is 47.7. The molecule has 0 aliphatic carbocycles. The highest BCUT2D eigenvalue weighted by Crippen LogP contribution is 2.36. The van der Waals surface area contributed by atoms with Crippen LogP contribution in [0.5, 0.6) is 0 Å². The first-order valence-electron chi connectivity index (χ1n) is 47.7. The summed E-state index contributed by atoms with van der Waals surface area (Å²) >= 11 is 0. The van der Waals surface area contributed by atoms with Crippen molar-refractivity contribution in [1.29, 1.82) is 0 Å². The van der Waals surface area contributed by atoms with E-state index in [0.29, 0.717) is 73.3 Å². The van der Waals surface area contributed by atoms with Gasteiger partial charge < -0.3 is 79.3 Å². The van der Waals surface area contributed by atoms with Gasteiger partial charge in [-0.1, -0.05) is 97.6 Å². The minimum atomic E-state index is -0.516. The number of aliphatic hydroxyl groups excluding tert-OH is 4. The molecule has 0 spiro atoms. The number of piperazine rings is 2. The van der Waals surface area contributed by atoms with Crippen LogP contribution < -0.4 is 44.2 Å². The molecule has 0 aromatic carbocycles. The van der Waals surface area contributed by atoms with Crippen LogP contribution in [0.15, 0.2) is 110 Å². The number of fused-ring (bicyclic) bond motifs is 4. The maximum Gasteiger partial charge on any atom is 0.222 e. The number of hydrogen-bond acceptors (Lipinski definition) is 36. The van der Waals surface area contributed by atoms with E-state index in [1.165, 1.54) is 19.3 Å². The highest BCUT2D eigenvalue weighted by molar-refractivity contribution is 5.92. The van der Waals surface area contributed by atoms with Crippen LogP contribution in [0.4, 0.5) is 47.1 Å². The van der Waals surface area contributed by atoms with Gasteiger partial charge in [-0.15, -0.1) is 0 Å². The monoisotopic (exact) mass is 1830 g/mol. The fraction of sp³-hybridized carbons (Fsp3) is 0.531. The standard InChI is InChI=1S/C25H36N8O.C25H35N7O.C24H35N9O.C24H34N8O/c1-4-5-8-25(2,17-34)31-23-22-21(29-24(26)30-23)13-19(15-28-22)18-6-7-20(27-14-18)16-33-11-9-32(3)10-12-33;1-3-4-10-25(2,17-33)31-23-22-21(29-24(26)30-23)13-19(15-28-22)18-8-9-20(27-14-18)16-32-11-6-5-7-12-32;1-4-5-6-24(2,16-34)31-22-21-19(29-23(25)30-22)11-17(12-28-21)18-13-26-20(27-14-18)15-33-9-7-32(3)8-10-33;1-4-5-8-24(2,15-33)31-22-20-19(29-23(25)30-22)11-17(12-26-20)18-13-27-21(28-14-18)16-6-9-32(3)10-7-16/h6-7,13-15,34H,4-5,8-12,16-17H2,1-3H3,(H3,26,29,30,31);8-9,13-15,33H,3-7,10-12,16-17H2,1-2H3,(H3,26,29,30,31);11-14,34H,4-10,15-16H2,1-3H3,(H3,25,29,30,31);11-14,16,33H,4-10,15H2,1-3H3,(H3,25,29,30,31)/t25-;;2*24-/m1.11/s1. The molecule has 4 atom stereocenters. The Labute approximate surface area is 787 Å². The van der Waals surface area contributed by atoms with Crippen molar-refractivity contribution in [2.75, 3.05) is 170 Å². The van der Waals surface area contributed by atoms with E-state index in [1.807, 2.05) is 102 Å². The number of nitrogens with one attached hydrogen (secondary N) is 4. The number of aromatic nitrogens is 18. The van der Waals surface area contributed by atoms with Crippen molar-refractivity contribution in [3.05, 3.63) is 134 Å². The third-order valence-electron chi connectivity index (χ3n) is 25.8. The number of nitrogen functional groups attached to an aromatic ring is 4.